The highest BCUT2D eigenvalue weighted by Gasteiger charge is 2.36. The Morgan fingerprint density at radius 3 is 2.79 bits per heavy atom. The molecular formula is C14H24N4O. The predicted molar refractivity (Wildman–Crippen MR) is 73.1 cm³/mol. The normalized spacial score (nSPS) is 29.7. The number of amides is 1. The Morgan fingerprint density at radius 1 is 1.47 bits per heavy atom. The van der Waals surface area contributed by atoms with E-state index in [1.165, 1.54) is 32.1 Å². The van der Waals surface area contributed by atoms with Crippen molar-refractivity contribution in [2.45, 2.75) is 56.5 Å². The van der Waals surface area contributed by atoms with Crippen LogP contribution < -0.4 is 16.4 Å². The van der Waals surface area contributed by atoms with Crippen LogP contribution in [0.2, 0.25) is 0 Å². The highest BCUT2D eigenvalue weighted by molar-refractivity contribution is 5.82. The summed E-state index contributed by atoms with van der Waals surface area (Å²) in [4.78, 5) is 12.1. The molecule has 1 saturated heterocycles. The van der Waals surface area contributed by atoms with E-state index in [1.807, 2.05) is 0 Å². The van der Waals surface area contributed by atoms with Gasteiger partial charge in [0, 0.05) is 6.54 Å². The maximum atomic E-state index is 12.1. The molecule has 0 bridgehead atoms. The minimum atomic E-state index is -0.749. The summed E-state index contributed by atoms with van der Waals surface area (Å²) in [6.07, 6.45) is 7.60. The number of nitrogens with one attached hydrogen (secondary N) is 2. The number of rotatable bonds is 4. The molecule has 2 atom stereocenters. The van der Waals surface area contributed by atoms with Crippen LogP contribution in [-0.2, 0) is 4.79 Å². The molecule has 2 aliphatic rings. The third-order valence-electron chi connectivity index (χ3n) is 4.38. The summed E-state index contributed by atoms with van der Waals surface area (Å²) >= 11 is 0. The van der Waals surface area contributed by atoms with Gasteiger partial charge in [0.25, 0.3) is 0 Å². The summed E-state index contributed by atoms with van der Waals surface area (Å²) in [5.41, 5.74) is 5.25. The number of nitrogens with zero attached hydrogens (tertiary/aromatic N) is 1. The minimum Gasteiger partial charge on any atom is -0.335 e. The Morgan fingerprint density at radius 2 is 2.21 bits per heavy atom. The van der Waals surface area contributed by atoms with Crippen molar-refractivity contribution >= 4 is 5.91 Å². The summed E-state index contributed by atoms with van der Waals surface area (Å²) in [5.74, 6) is 0.407. The van der Waals surface area contributed by atoms with E-state index in [2.05, 4.69) is 16.7 Å². The van der Waals surface area contributed by atoms with Crippen LogP contribution >= 0.6 is 0 Å². The molecule has 1 aliphatic carbocycles. The first-order chi connectivity index (χ1) is 9.15. The first-order valence-corrected chi connectivity index (χ1v) is 7.35. The monoisotopic (exact) mass is 264 g/mol. The topological polar surface area (TPSA) is 90.9 Å². The molecule has 5 nitrogen and oxygen atoms in total. The Labute approximate surface area is 114 Å². The first-order valence-electron chi connectivity index (χ1n) is 7.35. The Hall–Kier alpha value is -1.12. The van der Waals surface area contributed by atoms with E-state index in [9.17, 15) is 10.1 Å². The van der Waals surface area contributed by atoms with Gasteiger partial charge in [-0.25, -0.2) is 0 Å². The van der Waals surface area contributed by atoms with Gasteiger partial charge in [0.1, 0.15) is 5.54 Å². The van der Waals surface area contributed by atoms with Gasteiger partial charge in [-0.2, -0.15) is 5.26 Å². The average Bonchev–Trinajstić information content (AvgIpc) is 2.89. The van der Waals surface area contributed by atoms with Crippen LogP contribution in [0.15, 0.2) is 0 Å². The van der Waals surface area contributed by atoms with E-state index in [4.69, 9.17) is 5.73 Å². The number of carbonyl (C=O) groups excluding carboxylic acids is 1. The molecule has 2 rings (SSSR count). The third-order valence-corrected chi connectivity index (χ3v) is 4.38. The maximum absolute atomic E-state index is 12.1. The largest absolute Gasteiger partial charge is 0.335 e. The summed E-state index contributed by atoms with van der Waals surface area (Å²) in [7, 11) is 0. The minimum absolute atomic E-state index is 0.171. The fourth-order valence-corrected chi connectivity index (χ4v) is 3.14. The fourth-order valence-electron chi connectivity index (χ4n) is 3.14. The Kier molecular flexibility index (Phi) is 4.78. The van der Waals surface area contributed by atoms with E-state index in [0.29, 0.717) is 18.9 Å². The molecule has 0 aromatic rings. The second-order valence-corrected chi connectivity index (χ2v) is 5.96. The second-order valence-electron chi connectivity index (χ2n) is 5.96. The van der Waals surface area contributed by atoms with Crippen molar-refractivity contribution < 1.29 is 4.79 Å². The van der Waals surface area contributed by atoms with Gasteiger partial charge >= 0.3 is 0 Å². The molecule has 0 spiro atoms. The molecule has 1 heterocycles. The molecule has 5 heteroatoms. The van der Waals surface area contributed by atoms with Crippen molar-refractivity contribution in [1.82, 2.24) is 10.6 Å². The number of carbonyl (C=O) groups is 1. The number of nitrogens with two attached hydrogens (primary N) is 1. The van der Waals surface area contributed by atoms with Crippen LogP contribution in [0.1, 0.15) is 44.9 Å². The van der Waals surface area contributed by atoms with Crippen LogP contribution in [0, 0.1) is 17.2 Å². The van der Waals surface area contributed by atoms with E-state index in [-0.39, 0.29) is 5.91 Å². The smallest absolute Gasteiger partial charge is 0.238 e. The lowest BCUT2D eigenvalue weighted by atomic mass is 9.84. The zero-order valence-corrected chi connectivity index (χ0v) is 11.5. The van der Waals surface area contributed by atoms with Gasteiger partial charge in [-0.15, -0.1) is 0 Å². The van der Waals surface area contributed by atoms with E-state index in [0.717, 1.165) is 13.0 Å². The second kappa shape index (κ2) is 6.36. The van der Waals surface area contributed by atoms with Crippen LogP contribution in [0.4, 0.5) is 0 Å². The molecule has 2 unspecified atom stereocenters. The molecule has 0 aromatic carbocycles. The standard InChI is InChI=1S/C14H24N4O/c15-9-14(6-7-17-10-14)18-13(19)12(16)8-11-4-2-1-3-5-11/h11-12,17H,1-8,10,16H2,(H,18,19). The maximum Gasteiger partial charge on any atom is 0.238 e. The van der Waals surface area contributed by atoms with Gasteiger partial charge in [-0.05, 0) is 25.3 Å². The van der Waals surface area contributed by atoms with Gasteiger partial charge in [-0.1, -0.05) is 32.1 Å². The molecule has 106 valence electrons. The lowest BCUT2D eigenvalue weighted by Gasteiger charge is -2.27. The molecule has 2 fully saturated rings. The van der Waals surface area contributed by atoms with Crippen molar-refractivity contribution in [2.75, 3.05) is 13.1 Å². The molecule has 4 N–H and O–H groups in total. The Bertz CT molecular complexity index is 351. The highest BCUT2D eigenvalue weighted by atomic mass is 16.2. The lowest BCUT2D eigenvalue weighted by molar-refractivity contribution is -0.124. The SMILES string of the molecule is N#CC1(NC(=O)C(N)CC2CCCCC2)CCNC1. The van der Waals surface area contributed by atoms with Crippen molar-refractivity contribution in [1.29, 1.82) is 5.26 Å². The summed E-state index contributed by atoms with van der Waals surface area (Å²) in [6, 6.07) is 1.74. The summed E-state index contributed by atoms with van der Waals surface area (Å²) in [5, 5.41) is 15.2. The predicted octanol–water partition coefficient (Wildman–Crippen LogP) is 0.656. The van der Waals surface area contributed by atoms with Crippen molar-refractivity contribution in [3.63, 3.8) is 0 Å². The van der Waals surface area contributed by atoms with Crippen molar-refractivity contribution in [3.05, 3.63) is 0 Å². The van der Waals surface area contributed by atoms with E-state index >= 15 is 0 Å². The average molecular weight is 264 g/mol. The Balaban J connectivity index is 1.83. The molecule has 1 aliphatic heterocycles. The molecule has 0 aromatic heterocycles. The van der Waals surface area contributed by atoms with Crippen LogP contribution in [0.3, 0.4) is 0 Å². The molecule has 19 heavy (non-hydrogen) atoms. The number of hydrogen-bond acceptors (Lipinski definition) is 4. The van der Waals surface area contributed by atoms with Gasteiger partial charge in [-0.3, -0.25) is 4.79 Å². The van der Waals surface area contributed by atoms with Crippen molar-refractivity contribution in [2.24, 2.45) is 11.7 Å². The number of nitriles is 1. The first kappa shape index (κ1) is 14.3. The summed E-state index contributed by atoms with van der Waals surface area (Å²) in [6.45, 7) is 1.29. The van der Waals surface area contributed by atoms with Gasteiger partial charge < -0.3 is 16.4 Å². The van der Waals surface area contributed by atoms with E-state index in [1.54, 1.807) is 0 Å². The zero-order chi connectivity index (χ0) is 13.7. The third kappa shape index (κ3) is 3.68. The lowest BCUT2D eigenvalue weighted by Crippen LogP contribution is -2.54. The molecular weight excluding hydrogens is 240 g/mol. The zero-order valence-electron chi connectivity index (χ0n) is 11.5. The van der Waals surface area contributed by atoms with Crippen LogP contribution in [0.5, 0.6) is 0 Å². The highest BCUT2D eigenvalue weighted by Crippen LogP contribution is 2.27. The van der Waals surface area contributed by atoms with Crippen LogP contribution in [0.25, 0.3) is 0 Å². The quantitative estimate of drug-likeness (QED) is 0.695. The molecule has 0 radical (unpaired) electrons. The number of hydrogen-bond donors (Lipinski definition) is 3. The van der Waals surface area contributed by atoms with Gasteiger partial charge in [0.15, 0.2) is 0 Å². The molecule has 1 saturated carbocycles. The fraction of sp³-hybridized carbons (Fsp3) is 0.857. The molecule has 1 amide bonds. The van der Waals surface area contributed by atoms with Gasteiger partial charge in [0.05, 0.1) is 12.1 Å². The van der Waals surface area contributed by atoms with Gasteiger partial charge in [0.2, 0.25) is 5.91 Å². The van der Waals surface area contributed by atoms with E-state index < -0.39 is 11.6 Å². The summed E-state index contributed by atoms with van der Waals surface area (Å²) < 4.78 is 0. The van der Waals surface area contributed by atoms with Crippen LogP contribution in [-0.4, -0.2) is 30.6 Å². The van der Waals surface area contributed by atoms with Crippen molar-refractivity contribution in [3.8, 4) is 6.07 Å².